The number of sulfonamides is 1. The molecule has 1 atom stereocenters. The Balaban J connectivity index is 3.47. The summed E-state index contributed by atoms with van der Waals surface area (Å²) in [6.07, 6.45) is -1.34. The summed E-state index contributed by atoms with van der Waals surface area (Å²) in [5, 5.41) is 16.1. The molecule has 0 fully saturated rings. The highest BCUT2D eigenvalue weighted by Gasteiger charge is 2.22. The SMILES string of the molecule is COC(=O)c1cc(S(N)(=O)=O)c(Cl)cc1NC(=O)C(C)O. The summed E-state index contributed by atoms with van der Waals surface area (Å²) in [6, 6.07) is 1.93. The zero-order chi connectivity index (χ0) is 16.4. The minimum atomic E-state index is -4.16. The van der Waals surface area contributed by atoms with Gasteiger partial charge in [0.25, 0.3) is 5.91 Å². The number of halogens is 1. The highest BCUT2D eigenvalue weighted by atomic mass is 35.5. The lowest BCUT2D eigenvalue weighted by molar-refractivity contribution is -0.123. The van der Waals surface area contributed by atoms with Crippen molar-refractivity contribution in [3.63, 3.8) is 0 Å². The number of benzene rings is 1. The molecule has 0 bridgehead atoms. The Morgan fingerprint density at radius 3 is 2.43 bits per heavy atom. The maximum Gasteiger partial charge on any atom is 0.340 e. The van der Waals surface area contributed by atoms with E-state index in [-0.39, 0.29) is 16.3 Å². The van der Waals surface area contributed by atoms with Crippen LogP contribution in [0.5, 0.6) is 0 Å². The minimum absolute atomic E-state index is 0.106. The highest BCUT2D eigenvalue weighted by molar-refractivity contribution is 7.89. The lowest BCUT2D eigenvalue weighted by Gasteiger charge is -2.13. The fraction of sp³-hybridized carbons (Fsp3) is 0.273. The molecule has 0 saturated carbocycles. The first-order valence-corrected chi connectivity index (χ1v) is 7.44. The lowest BCUT2D eigenvalue weighted by Crippen LogP contribution is -2.26. The van der Waals surface area contributed by atoms with Gasteiger partial charge < -0.3 is 15.2 Å². The van der Waals surface area contributed by atoms with Crippen molar-refractivity contribution in [2.24, 2.45) is 5.14 Å². The Labute approximate surface area is 125 Å². The van der Waals surface area contributed by atoms with Crippen LogP contribution >= 0.6 is 11.6 Å². The number of amides is 1. The van der Waals surface area contributed by atoms with Gasteiger partial charge in [-0.1, -0.05) is 11.6 Å². The first-order chi connectivity index (χ1) is 9.57. The van der Waals surface area contributed by atoms with Crippen molar-refractivity contribution in [1.82, 2.24) is 0 Å². The van der Waals surface area contributed by atoms with Gasteiger partial charge in [0, 0.05) is 0 Å². The van der Waals surface area contributed by atoms with Crippen molar-refractivity contribution in [3.8, 4) is 0 Å². The van der Waals surface area contributed by atoms with Crippen LogP contribution in [-0.4, -0.2) is 38.6 Å². The highest BCUT2D eigenvalue weighted by Crippen LogP contribution is 2.28. The number of ether oxygens (including phenoxy) is 1. The molecule has 4 N–H and O–H groups in total. The number of nitrogens with one attached hydrogen (secondary N) is 1. The van der Waals surface area contributed by atoms with Gasteiger partial charge in [-0.3, -0.25) is 4.79 Å². The number of anilines is 1. The number of rotatable bonds is 4. The molecule has 1 amide bonds. The zero-order valence-electron chi connectivity index (χ0n) is 11.1. The Bertz CT molecular complexity index is 686. The molecule has 0 aromatic heterocycles. The van der Waals surface area contributed by atoms with Gasteiger partial charge in [-0.15, -0.1) is 0 Å². The molecular formula is C11H13ClN2O6S. The molecule has 0 radical (unpaired) electrons. The number of carbonyl (C=O) groups excluding carboxylic acids is 2. The Hall–Kier alpha value is -1.68. The van der Waals surface area contributed by atoms with Crippen LogP contribution in [0.3, 0.4) is 0 Å². The molecule has 0 saturated heterocycles. The van der Waals surface area contributed by atoms with E-state index in [1.54, 1.807) is 0 Å². The average molecular weight is 337 g/mol. The van der Waals surface area contributed by atoms with E-state index in [1.807, 2.05) is 0 Å². The monoisotopic (exact) mass is 336 g/mol. The van der Waals surface area contributed by atoms with Crippen molar-refractivity contribution in [1.29, 1.82) is 0 Å². The average Bonchev–Trinajstić information content (AvgIpc) is 2.36. The lowest BCUT2D eigenvalue weighted by atomic mass is 10.1. The van der Waals surface area contributed by atoms with E-state index >= 15 is 0 Å². The molecule has 1 unspecified atom stereocenters. The van der Waals surface area contributed by atoms with Crippen molar-refractivity contribution in [2.45, 2.75) is 17.9 Å². The van der Waals surface area contributed by atoms with Gasteiger partial charge in [0.05, 0.1) is 23.4 Å². The van der Waals surface area contributed by atoms with Crippen LogP contribution in [0, 0.1) is 0 Å². The fourth-order valence-electron chi connectivity index (χ4n) is 1.39. The van der Waals surface area contributed by atoms with Gasteiger partial charge >= 0.3 is 5.97 Å². The second-order valence-electron chi connectivity index (χ2n) is 4.03. The molecule has 0 aliphatic heterocycles. The van der Waals surface area contributed by atoms with Crippen molar-refractivity contribution >= 4 is 39.2 Å². The largest absolute Gasteiger partial charge is 0.465 e. The minimum Gasteiger partial charge on any atom is -0.465 e. The topological polar surface area (TPSA) is 136 Å². The molecule has 0 heterocycles. The predicted molar refractivity (Wildman–Crippen MR) is 74.5 cm³/mol. The number of hydrogen-bond acceptors (Lipinski definition) is 6. The molecule has 1 aromatic carbocycles. The van der Waals surface area contributed by atoms with Crippen molar-refractivity contribution < 1.29 is 27.9 Å². The molecule has 0 aliphatic rings. The van der Waals surface area contributed by atoms with E-state index in [4.69, 9.17) is 21.8 Å². The summed E-state index contributed by atoms with van der Waals surface area (Å²) < 4.78 is 27.2. The number of nitrogens with two attached hydrogens (primary N) is 1. The van der Waals surface area contributed by atoms with Crippen LogP contribution in [0.15, 0.2) is 17.0 Å². The van der Waals surface area contributed by atoms with E-state index in [0.717, 1.165) is 19.2 Å². The summed E-state index contributed by atoms with van der Waals surface area (Å²) in [6.45, 7) is 1.22. The van der Waals surface area contributed by atoms with Crippen LogP contribution in [0.25, 0.3) is 0 Å². The van der Waals surface area contributed by atoms with E-state index in [0.29, 0.717) is 0 Å². The van der Waals surface area contributed by atoms with Gasteiger partial charge in [-0.25, -0.2) is 18.4 Å². The second-order valence-corrected chi connectivity index (χ2v) is 5.97. The number of carbonyl (C=O) groups is 2. The second kappa shape index (κ2) is 6.39. The maximum absolute atomic E-state index is 11.7. The molecule has 1 rings (SSSR count). The van der Waals surface area contributed by atoms with Gasteiger partial charge in [0.15, 0.2) is 0 Å². The number of aliphatic hydroxyl groups excluding tert-OH is 1. The van der Waals surface area contributed by atoms with Crippen molar-refractivity contribution in [3.05, 3.63) is 22.7 Å². The fourth-order valence-corrected chi connectivity index (χ4v) is 2.49. The Morgan fingerprint density at radius 2 is 2.00 bits per heavy atom. The normalized spacial score (nSPS) is 12.6. The molecule has 10 heteroatoms. The standard InChI is InChI=1S/C11H13ClN2O6S/c1-5(15)10(16)14-8-4-7(12)9(21(13,18)19)3-6(8)11(17)20-2/h3-5,15H,1-2H3,(H,14,16)(H2,13,18,19). The summed E-state index contributed by atoms with van der Waals surface area (Å²) in [5.41, 5.74) is -0.370. The Morgan fingerprint density at radius 1 is 1.43 bits per heavy atom. The molecule has 1 aromatic rings. The third kappa shape index (κ3) is 4.14. The molecule has 8 nitrogen and oxygen atoms in total. The number of methoxy groups -OCH3 is 1. The van der Waals surface area contributed by atoms with Crippen LogP contribution in [0.1, 0.15) is 17.3 Å². The molecule has 116 valence electrons. The molecular weight excluding hydrogens is 324 g/mol. The Kier molecular flexibility index (Phi) is 5.29. The zero-order valence-corrected chi connectivity index (χ0v) is 12.7. The van der Waals surface area contributed by atoms with Gasteiger partial charge in [0.1, 0.15) is 11.0 Å². The molecule has 0 aliphatic carbocycles. The number of primary sulfonamides is 1. The van der Waals surface area contributed by atoms with E-state index in [9.17, 15) is 18.0 Å². The smallest absolute Gasteiger partial charge is 0.340 e. The predicted octanol–water partition coefficient (Wildman–Crippen LogP) is 0.0933. The van der Waals surface area contributed by atoms with E-state index < -0.39 is 32.9 Å². The van der Waals surface area contributed by atoms with Crippen molar-refractivity contribution in [2.75, 3.05) is 12.4 Å². The van der Waals surface area contributed by atoms with Crippen LogP contribution in [0.4, 0.5) is 5.69 Å². The number of hydrogen-bond donors (Lipinski definition) is 3. The number of aliphatic hydroxyl groups is 1. The van der Waals surface area contributed by atoms with Crippen LogP contribution in [0.2, 0.25) is 5.02 Å². The number of esters is 1. The summed E-state index contributed by atoms with van der Waals surface area (Å²) >= 11 is 5.77. The molecule has 21 heavy (non-hydrogen) atoms. The molecule has 0 spiro atoms. The third-order valence-corrected chi connectivity index (χ3v) is 3.80. The summed E-state index contributed by atoms with van der Waals surface area (Å²) in [7, 11) is -3.08. The van der Waals surface area contributed by atoms with Gasteiger partial charge in [-0.2, -0.15) is 0 Å². The van der Waals surface area contributed by atoms with E-state index in [2.05, 4.69) is 10.1 Å². The van der Waals surface area contributed by atoms with Crippen LogP contribution < -0.4 is 10.5 Å². The third-order valence-electron chi connectivity index (χ3n) is 2.42. The van der Waals surface area contributed by atoms with Gasteiger partial charge in [-0.05, 0) is 19.1 Å². The summed E-state index contributed by atoms with van der Waals surface area (Å²) in [5.74, 6) is -1.71. The summed E-state index contributed by atoms with van der Waals surface area (Å²) in [4.78, 5) is 22.6. The van der Waals surface area contributed by atoms with E-state index in [1.165, 1.54) is 6.92 Å². The first-order valence-electron chi connectivity index (χ1n) is 5.51. The van der Waals surface area contributed by atoms with Gasteiger partial charge in [0.2, 0.25) is 10.0 Å². The quantitative estimate of drug-likeness (QED) is 0.667. The first kappa shape index (κ1) is 17.4. The maximum atomic E-state index is 11.7. The van der Waals surface area contributed by atoms with Crippen LogP contribution in [-0.2, 0) is 19.6 Å².